The SMILES string of the molecule is Cc1ccc(Cl)cc1N1CCN(C(=O)c2ccc(CN3CCc4ccccc43)cc2)CC1. The summed E-state index contributed by atoms with van der Waals surface area (Å²) in [6, 6.07) is 22.8. The van der Waals surface area contributed by atoms with Crippen molar-refractivity contribution in [1.29, 1.82) is 0 Å². The summed E-state index contributed by atoms with van der Waals surface area (Å²) in [7, 11) is 0. The minimum atomic E-state index is 0.116. The first-order chi connectivity index (χ1) is 15.6. The van der Waals surface area contributed by atoms with E-state index in [1.165, 1.54) is 22.4 Å². The van der Waals surface area contributed by atoms with Crippen LogP contribution in [0.5, 0.6) is 0 Å². The number of carbonyl (C=O) groups excluding carboxylic acids is 1. The average molecular weight is 446 g/mol. The zero-order valence-electron chi connectivity index (χ0n) is 18.4. The molecule has 0 unspecified atom stereocenters. The summed E-state index contributed by atoms with van der Waals surface area (Å²) in [6.07, 6.45) is 1.10. The van der Waals surface area contributed by atoms with Crippen LogP contribution in [0, 0.1) is 6.92 Å². The van der Waals surface area contributed by atoms with Gasteiger partial charge in [-0.25, -0.2) is 0 Å². The van der Waals surface area contributed by atoms with Gasteiger partial charge in [0.2, 0.25) is 0 Å². The third kappa shape index (κ3) is 4.20. The summed E-state index contributed by atoms with van der Waals surface area (Å²) in [5.41, 5.74) is 7.14. The first-order valence-electron chi connectivity index (χ1n) is 11.3. The lowest BCUT2D eigenvalue weighted by Crippen LogP contribution is -2.49. The third-order valence-electron chi connectivity index (χ3n) is 6.64. The maximum atomic E-state index is 13.1. The van der Waals surface area contributed by atoms with Gasteiger partial charge < -0.3 is 14.7 Å². The minimum Gasteiger partial charge on any atom is -0.368 e. The van der Waals surface area contributed by atoms with Gasteiger partial charge in [-0.3, -0.25) is 4.79 Å². The molecule has 1 fully saturated rings. The Kier molecular flexibility index (Phi) is 5.79. The van der Waals surface area contributed by atoms with Crippen LogP contribution in [0.2, 0.25) is 5.02 Å². The maximum absolute atomic E-state index is 13.1. The lowest BCUT2D eigenvalue weighted by atomic mass is 10.1. The molecule has 0 spiro atoms. The Labute approximate surface area is 195 Å². The van der Waals surface area contributed by atoms with Crippen molar-refractivity contribution in [2.75, 3.05) is 42.5 Å². The van der Waals surface area contributed by atoms with Crippen molar-refractivity contribution in [3.8, 4) is 0 Å². The van der Waals surface area contributed by atoms with Crippen molar-refractivity contribution in [2.24, 2.45) is 0 Å². The van der Waals surface area contributed by atoms with Crippen molar-refractivity contribution in [3.63, 3.8) is 0 Å². The van der Waals surface area contributed by atoms with Crippen molar-refractivity contribution in [2.45, 2.75) is 19.9 Å². The van der Waals surface area contributed by atoms with Crippen LogP contribution in [0.4, 0.5) is 11.4 Å². The lowest BCUT2D eigenvalue weighted by molar-refractivity contribution is 0.0747. The molecule has 0 atom stereocenters. The van der Waals surface area contributed by atoms with Crippen LogP contribution in [0.3, 0.4) is 0 Å². The normalized spacial score (nSPS) is 15.8. The number of piperazine rings is 1. The first kappa shape index (κ1) is 20.9. The molecule has 0 aliphatic carbocycles. The molecule has 164 valence electrons. The maximum Gasteiger partial charge on any atom is 0.253 e. The molecular weight excluding hydrogens is 418 g/mol. The predicted molar refractivity (Wildman–Crippen MR) is 132 cm³/mol. The number of para-hydroxylation sites is 1. The zero-order chi connectivity index (χ0) is 22.1. The van der Waals surface area contributed by atoms with Crippen LogP contribution in [0.25, 0.3) is 0 Å². The predicted octanol–water partition coefficient (Wildman–Crippen LogP) is 5.17. The van der Waals surface area contributed by atoms with Crippen molar-refractivity contribution in [3.05, 3.63) is 94.0 Å². The van der Waals surface area contributed by atoms with E-state index >= 15 is 0 Å². The molecule has 1 amide bonds. The second-order valence-corrected chi connectivity index (χ2v) is 9.14. The van der Waals surface area contributed by atoms with E-state index in [1.54, 1.807) is 0 Å². The van der Waals surface area contributed by atoms with Gasteiger partial charge in [0.15, 0.2) is 0 Å². The Morgan fingerprint density at radius 3 is 2.41 bits per heavy atom. The van der Waals surface area contributed by atoms with Crippen molar-refractivity contribution < 1.29 is 4.79 Å². The molecule has 1 saturated heterocycles. The van der Waals surface area contributed by atoms with E-state index in [2.05, 4.69) is 59.2 Å². The summed E-state index contributed by atoms with van der Waals surface area (Å²) < 4.78 is 0. The van der Waals surface area contributed by atoms with Gasteiger partial charge in [0, 0.05) is 61.2 Å². The quantitative estimate of drug-likeness (QED) is 0.554. The Balaban J connectivity index is 1.20. The molecule has 0 N–H and O–H groups in total. The molecule has 5 heteroatoms. The monoisotopic (exact) mass is 445 g/mol. The van der Waals surface area contributed by atoms with Crippen molar-refractivity contribution >= 4 is 28.9 Å². The summed E-state index contributed by atoms with van der Waals surface area (Å²) in [5.74, 6) is 0.116. The first-order valence-corrected chi connectivity index (χ1v) is 11.7. The number of benzene rings is 3. The summed E-state index contributed by atoms with van der Waals surface area (Å²) in [4.78, 5) is 19.8. The Hall–Kier alpha value is -2.98. The topological polar surface area (TPSA) is 26.8 Å². The molecule has 2 aliphatic heterocycles. The fourth-order valence-electron chi connectivity index (χ4n) is 4.80. The Bertz CT molecular complexity index is 1120. The van der Waals surface area contributed by atoms with Gasteiger partial charge in [-0.2, -0.15) is 0 Å². The molecule has 0 bridgehead atoms. The molecule has 2 heterocycles. The minimum absolute atomic E-state index is 0.116. The molecule has 0 aromatic heterocycles. The molecule has 0 radical (unpaired) electrons. The number of hydrogen-bond acceptors (Lipinski definition) is 3. The molecule has 32 heavy (non-hydrogen) atoms. The van der Waals surface area contributed by atoms with Gasteiger partial charge in [-0.15, -0.1) is 0 Å². The fraction of sp³-hybridized carbons (Fsp3) is 0.296. The molecule has 3 aromatic carbocycles. The molecule has 5 rings (SSSR count). The van der Waals surface area contributed by atoms with Crippen molar-refractivity contribution in [1.82, 2.24) is 4.90 Å². The number of fused-ring (bicyclic) bond motifs is 1. The number of hydrogen-bond donors (Lipinski definition) is 0. The largest absolute Gasteiger partial charge is 0.368 e. The molecule has 2 aliphatic rings. The second kappa shape index (κ2) is 8.87. The van der Waals surface area contributed by atoms with E-state index in [9.17, 15) is 4.79 Å². The van der Waals surface area contributed by atoms with Crippen LogP contribution in [-0.2, 0) is 13.0 Å². The lowest BCUT2D eigenvalue weighted by Gasteiger charge is -2.37. The smallest absolute Gasteiger partial charge is 0.253 e. The molecule has 3 aromatic rings. The van der Waals surface area contributed by atoms with Gasteiger partial charge >= 0.3 is 0 Å². The van der Waals surface area contributed by atoms with E-state index in [1.807, 2.05) is 29.2 Å². The highest BCUT2D eigenvalue weighted by Gasteiger charge is 2.23. The fourth-order valence-corrected chi connectivity index (χ4v) is 4.97. The van der Waals surface area contributed by atoms with E-state index in [0.717, 1.165) is 62.0 Å². The zero-order valence-corrected chi connectivity index (χ0v) is 19.2. The second-order valence-electron chi connectivity index (χ2n) is 8.71. The van der Waals surface area contributed by atoms with Gasteiger partial charge in [0.05, 0.1) is 0 Å². The summed E-state index contributed by atoms with van der Waals surface area (Å²) >= 11 is 6.19. The van der Waals surface area contributed by atoms with Crippen LogP contribution in [-0.4, -0.2) is 43.5 Å². The highest BCUT2D eigenvalue weighted by Crippen LogP contribution is 2.29. The van der Waals surface area contributed by atoms with Gasteiger partial charge in [0.25, 0.3) is 5.91 Å². The van der Waals surface area contributed by atoms with E-state index < -0.39 is 0 Å². The summed E-state index contributed by atoms with van der Waals surface area (Å²) in [6.45, 7) is 7.11. The molecule has 0 saturated carbocycles. The van der Waals surface area contributed by atoms with Crippen LogP contribution in [0.1, 0.15) is 27.0 Å². The van der Waals surface area contributed by atoms with Crippen LogP contribution >= 0.6 is 11.6 Å². The number of aryl methyl sites for hydroxylation is 1. The van der Waals surface area contributed by atoms with E-state index in [-0.39, 0.29) is 5.91 Å². The van der Waals surface area contributed by atoms with Gasteiger partial charge in [0.1, 0.15) is 0 Å². The number of anilines is 2. The molecule has 4 nitrogen and oxygen atoms in total. The Morgan fingerprint density at radius 1 is 0.875 bits per heavy atom. The highest BCUT2D eigenvalue weighted by molar-refractivity contribution is 6.30. The van der Waals surface area contributed by atoms with Crippen LogP contribution in [0.15, 0.2) is 66.7 Å². The third-order valence-corrected chi connectivity index (χ3v) is 6.87. The summed E-state index contributed by atoms with van der Waals surface area (Å²) in [5, 5.41) is 0.751. The van der Waals surface area contributed by atoms with E-state index in [0.29, 0.717) is 0 Å². The van der Waals surface area contributed by atoms with Gasteiger partial charge in [-0.1, -0.05) is 48.0 Å². The highest BCUT2D eigenvalue weighted by atomic mass is 35.5. The number of halogens is 1. The average Bonchev–Trinajstić information content (AvgIpc) is 3.24. The van der Waals surface area contributed by atoms with Crippen LogP contribution < -0.4 is 9.80 Å². The van der Waals surface area contributed by atoms with Gasteiger partial charge in [-0.05, 0) is 60.4 Å². The standard InChI is InChI=1S/C27H28ClN3O/c1-20-6-11-24(28)18-26(20)29-14-16-30(17-15-29)27(32)23-9-7-21(8-10-23)19-31-13-12-22-4-2-3-5-25(22)31/h2-11,18H,12-17,19H2,1H3. The number of amides is 1. The Morgan fingerprint density at radius 2 is 1.62 bits per heavy atom. The van der Waals surface area contributed by atoms with E-state index in [4.69, 9.17) is 11.6 Å². The number of rotatable bonds is 4. The number of nitrogens with zero attached hydrogens (tertiary/aromatic N) is 3. The molecular formula is C27H28ClN3O. The number of carbonyl (C=O) groups is 1.